The number of amides is 1. The number of nitrogens with one attached hydrogen (secondary N) is 1. The zero-order valence-corrected chi connectivity index (χ0v) is 13.3. The highest BCUT2D eigenvalue weighted by Crippen LogP contribution is 2.38. The second-order valence-electron chi connectivity index (χ2n) is 6.46. The van der Waals surface area contributed by atoms with E-state index in [0.717, 1.165) is 24.9 Å². The lowest BCUT2D eigenvalue weighted by Gasteiger charge is -2.37. The molecule has 1 amide bonds. The third-order valence-electron chi connectivity index (χ3n) is 4.62. The number of rotatable bonds is 5. The van der Waals surface area contributed by atoms with E-state index in [9.17, 15) is 4.79 Å². The van der Waals surface area contributed by atoms with Crippen LogP contribution in [-0.2, 0) is 4.79 Å². The number of para-hydroxylation sites is 1. The van der Waals surface area contributed by atoms with Gasteiger partial charge in [-0.05, 0) is 44.2 Å². The van der Waals surface area contributed by atoms with Crippen molar-refractivity contribution in [3.05, 3.63) is 24.3 Å². The minimum absolute atomic E-state index is 0.0525. The van der Waals surface area contributed by atoms with Crippen molar-refractivity contribution in [1.29, 1.82) is 0 Å². The fourth-order valence-electron chi connectivity index (χ4n) is 3.18. The van der Waals surface area contributed by atoms with E-state index in [4.69, 9.17) is 5.73 Å². The Labute approximate surface area is 131 Å². The summed E-state index contributed by atoms with van der Waals surface area (Å²) in [5.41, 5.74) is 6.86. The van der Waals surface area contributed by atoms with Gasteiger partial charge in [0.15, 0.2) is 0 Å². The van der Waals surface area contributed by atoms with Crippen LogP contribution >= 0.6 is 11.8 Å². The lowest BCUT2D eigenvalue weighted by molar-refractivity contribution is -0.118. The molecule has 21 heavy (non-hydrogen) atoms. The lowest BCUT2D eigenvalue weighted by Crippen LogP contribution is -2.48. The third-order valence-corrected chi connectivity index (χ3v) is 6.03. The van der Waals surface area contributed by atoms with Crippen LogP contribution < -0.4 is 11.1 Å². The van der Waals surface area contributed by atoms with Crippen molar-refractivity contribution in [2.45, 2.75) is 67.1 Å². The molecular formula is C17H24N2OS. The highest BCUT2D eigenvalue weighted by molar-refractivity contribution is 8.00. The van der Waals surface area contributed by atoms with Crippen molar-refractivity contribution in [2.24, 2.45) is 5.73 Å². The molecular weight excluding hydrogens is 280 g/mol. The van der Waals surface area contributed by atoms with Crippen LogP contribution in [0.2, 0.25) is 0 Å². The molecule has 0 spiro atoms. The van der Waals surface area contributed by atoms with Gasteiger partial charge in [-0.25, -0.2) is 0 Å². The Hall–Kier alpha value is -1.00. The number of thioether (sulfide) groups is 1. The van der Waals surface area contributed by atoms with E-state index < -0.39 is 0 Å². The molecule has 0 bridgehead atoms. The molecule has 0 atom stereocenters. The molecule has 3 N–H and O–H groups in total. The molecule has 3 nitrogen and oxygen atoms in total. The number of carbonyl (C=O) groups excluding carboxylic acids is 1. The van der Waals surface area contributed by atoms with Crippen LogP contribution in [0.3, 0.4) is 0 Å². The Morgan fingerprint density at radius 3 is 2.62 bits per heavy atom. The van der Waals surface area contributed by atoms with Gasteiger partial charge in [0.1, 0.15) is 0 Å². The van der Waals surface area contributed by atoms with Crippen molar-refractivity contribution in [2.75, 3.05) is 5.32 Å². The summed E-state index contributed by atoms with van der Waals surface area (Å²) >= 11 is 1.91. The van der Waals surface area contributed by atoms with Gasteiger partial charge in [-0.2, -0.15) is 0 Å². The quantitative estimate of drug-likeness (QED) is 0.866. The standard InChI is InChI=1S/C17H24N2OS/c18-17(10-5-11-17)12-16(20)19-14-8-3-4-9-15(14)21-13-6-1-2-7-13/h3-4,8-9,13H,1-2,5-7,10-12,18H2,(H,19,20). The molecule has 2 saturated carbocycles. The minimum Gasteiger partial charge on any atom is -0.325 e. The first-order valence-corrected chi connectivity index (χ1v) is 8.87. The van der Waals surface area contributed by atoms with Crippen LogP contribution in [0.25, 0.3) is 0 Å². The predicted octanol–water partition coefficient (Wildman–Crippen LogP) is 3.93. The third kappa shape index (κ3) is 3.80. The van der Waals surface area contributed by atoms with Crippen molar-refractivity contribution in [3.63, 3.8) is 0 Å². The number of carbonyl (C=O) groups is 1. The van der Waals surface area contributed by atoms with Crippen LogP contribution in [0, 0.1) is 0 Å². The zero-order chi connectivity index (χ0) is 14.7. The highest BCUT2D eigenvalue weighted by Gasteiger charge is 2.34. The number of hydrogen-bond donors (Lipinski definition) is 2. The van der Waals surface area contributed by atoms with Crippen molar-refractivity contribution in [1.82, 2.24) is 0 Å². The zero-order valence-electron chi connectivity index (χ0n) is 12.4. The van der Waals surface area contributed by atoms with E-state index in [-0.39, 0.29) is 11.4 Å². The largest absolute Gasteiger partial charge is 0.325 e. The first kappa shape index (κ1) is 14.9. The molecule has 0 saturated heterocycles. The summed E-state index contributed by atoms with van der Waals surface area (Å²) in [7, 11) is 0. The fraction of sp³-hybridized carbons (Fsp3) is 0.588. The van der Waals surface area contributed by atoms with Gasteiger partial charge in [-0.3, -0.25) is 4.79 Å². The minimum atomic E-state index is -0.252. The molecule has 0 heterocycles. The van der Waals surface area contributed by atoms with Crippen molar-refractivity contribution < 1.29 is 4.79 Å². The van der Waals surface area contributed by atoms with E-state index in [0.29, 0.717) is 11.7 Å². The average Bonchev–Trinajstić information content (AvgIpc) is 2.92. The Kier molecular flexibility index (Phi) is 4.55. The average molecular weight is 304 g/mol. The van der Waals surface area contributed by atoms with E-state index in [1.54, 1.807) is 0 Å². The molecule has 0 unspecified atom stereocenters. The topological polar surface area (TPSA) is 55.1 Å². The fourth-order valence-corrected chi connectivity index (χ4v) is 4.51. The second-order valence-corrected chi connectivity index (χ2v) is 7.80. The predicted molar refractivity (Wildman–Crippen MR) is 88.6 cm³/mol. The summed E-state index contributed by atoms with van der Waals surface area (Å²) in [4.78, 5) is 13.4. The van der Waals surface area contributed by atoms with E-state index in [2.05, 4.69) is 11.4 Å². The maximum absolute atomic E-state index is 12.2. The van der Waals surface area contributed by atoms with Gasteiger partial charge in [-0.15, -0.1) is 11.8 Å². The summed E-state index contributed by atoms with van der Waals surface area (Å²) < 4.78 is 0. The van der Waals surface area contributed by atoms with Crippen LogP contribution in [0.5, 0.6) is 0 Å². The van der Waals surface area contributed by atoms with Crippen LogP contribution in [0.1, 0.15) is 51.4 Å². The first-order valence-electron chi connectivity index (χ1n) is 7.99. The molecule has 0 aliphatic heterocycles. The van der Waals surface area contributed by atoms with Crippen LogP contribution in [-0.4, -0.2) is 16.7 Å². The highest BCUT2D eigenvalue weighted by atomic mass is 32.2. The van der Waals surface area contributed by atoms with E-state index in [1.807, 2.05) is 30.0 Å². The number of benzene rings is 1. The Balaban J connectivity index is 1.62. The number of hydrogen-bond acceptors (Lipinski definition) is 3. The summed E-state index contributed by atoms with van der Waals surface area (Å²) in [5, 5.41) is 3.77. The molecule has 4 heteroatoms. The molecule has 3 rings (SSSR count). The van der Waals surface area contributed by atoms with Gasteiger partial charge in [0, 0.05) is 22.1 Å². The molecule has 1 aromatic carbocycles. The molecule has 114 valence electrons. The molecule has 0 aromatic heterocycles. The van der Waals surface area contributed by atoms with E-state index >= 15 is 0 Å². The SMILES string of the molecule is NC1(CC(=O)Nc2ccccc2SC2CCCC2)CCC1. The normalized spacial score (nSPS) is 21.0. The molecule has 2 aliphatic rings. The van der Waals surface area contributed by atoms with Gasteiger partial charge in [0.2, 0.25) is 5.91 Å². The maximum atomic E-state index is 12.2. The summed E-state index contributed by atoms with van der Waals surface area (Å²) in [6.45, 7) is 0. The molecule has 2 aliphatic carbocycles. The number of nitrogens with two attached hydrogens (primary N) is 1. The molecule has 2 fully saturated rings. The monoisotopic (exact) mass is 304 g/mol. The van der Waals surface area contributed by atoms with Gasteiger partial charge in [0.25, 0.3) is 0 Å². The van der Waals surface area contributed by atoms with Gasteiger partial charge in [0.05, 0.1) is 5.69 Å². The second kappa shape index (κ2) is 6.41. The molecule has 0 radical (unpaired) electrons. The summed E-state index contributed by atoms with van der Waals surface area (Å²) in [5.74, 6) is 0.0525. The van der Waals surface area contributed by atoms with Gasteiger partial charge < -0.3 is 11.1 Å². The first-order chi connectivity index (χ1) is 10.1. The maximum Gasteiger partial charge on any atom is 0.226 e. The van der Waals surface area contributed by atoms with Gasteiger partial charge >= 0.3 is 0 Å². The lowest BCUT2D eigenvalue weighted by atomic mass is 9.75. The Morgan fingerprint density at radius 2 is 1.95 bits per heavy atom. The molecule has 1 aromatic rings. The van der Waals surface area contributed by atoms with Gasteiger partial charge in [-0.1, -0.05) is 25.0 Å². The Morgan fingerprint density at radius 1 is 1.24 bits per heavy atom. The van der Waals surface area contributed by atoms with Crippen molar-refractivity contribution >= 4 is 23.4 Å². The van der Waals surface area contributed by atoms with Crippen molar-refractivity contribution in [3.8, 4) is 0 Å². The van der Waals surface area contributed by atoms with E-state index in [1.165, 1.54) is 30.6 Å². The van der Waals surface area contributed by atoms with Crippen LogP contribution in [0.15, 0.2) is 29.2 Å². The summed E-state index contributed by atoms with van der Waals surface area (Å²) in [6.07, 6.45) is 8.78. The number of anilines is 1. The smallest absolute Gasteiger partial charge is 0.226 e. The Bertz CT molecular complexity index is 507. The summed E-state index contributed by atoms with van der Waals surface area (Å²) in [6, 6.07) is 8.14. The van der Waals surface area contributed by atoms with Crippen LogP contribution in [0.4, 0.5) is 5.69 Å².